The van der Waals surface area contributed by atoms with Gasteiger partial charge < -0.3 is 0 Å². The maximum absolute atomic E-state index is 4.93. The normalized spacial score (nSPS) is 15.0. The van der Waals surface area contributed by atoms with Crippen molar-refractivity contribution >= 4 is 48.1 Å². The summed E-state index contributed by atoms with van der Waals surface area (Å²) in [5.41, 5.74) is 9.66. The van der Waals surface area contributed by atoms with E-state index in [1.54, 1.807) is 0 Å². The molecule has 0 aliphatic heterocycles. The molecule has 0 aromatic heterocycles. The summed E-state index contributed by atoms with van der Waals surface area (Å²) in [5, 5.41) is 5.62. The summed E-state index contributed by atoms with van der Waals surface area (Å²) in [6.45, 7) is 8.96. The Hall–Kier alpha value is -2.22. The van der Waals surface area contributed by atoms with Crippen LogP contribution in [0.4, 0.5) is 0 Å². The van der Waals surface area contributed by atoms with E-state index in [0.29, 0.717) is 10.8 Å². The molecule has 2 aliphatic carbocycles. The molecule has 0 heterocycles. The fraction of sp³-hybridized carbons (Fsp3) is 0.375. The van der Waals surface area contributed by atoms with Gasteiger partial charge in [0.25, 0.3) is 0 Å². The van der Waals surface area contributed by atoms with Crippen LogP contribution in [0, 0.1) is 10.8 Å². The standard InChI is InChI=1S/2C23H25.C2H6Si.2ClH.Zr/c2*1-2-12-23(13-7-14-23)17-18-15-20-10-6-11-21(22(20)16-18)19-8-4-3-5-9-19;1-3-2;;;/h2*3-6,8-11,15-16H,2,7,12-14,17H2,1H3;1-2H3;2*1H;/q2*-1;;;;+4/p-2. The van der Waals surface area contributed by atoms with Gasteiger partial charge >= 0.3 is 37.9 Å². The number of rotatable bonds is 10. The second-order valence-corrected chi connectivity index (χ2v) is 19.9. The topological polar surface area (TPSA) is 0 Å². The van der Waals surface area contributed by atoms with Gasteiger partial charge in [0.15, 0.2) is 0 Å². The number of halogens is 2. The third-order valence-electron chi connectivity index (χ3n) is 11.3. The summed E-state index contributed by atoms with van der Waals surface area (Å²) in [7, 11) is 11.0. The van der Waals surface area contributed by atoms with E-state index in [0.717, 1.165) is 9.52 Å². The summed E-state index contributed by atoms with van der Waals surface area (Å²) >= 11 is -0.826. The second kappa shape index (κ2) is 20.5. The van der Waals surface area contributed by atoms with Crippen molar-refractivity contribution in [2.45, 2.75) is 104 Å². The molecule has 52 heavy (non-hydrogen) atoms. The van der Waals surface area contributed by atoms with E-state index in [-0.39, 0.29) is 0 Å². The quantitative estimate of drug-likeness (QED) is 0.0954. The molecule has 0 saturated heterocycles. The first-order valence-corrected chi connectivity index (χ1v) is 27.8. The van der Waals surface area contributed by atoms with Gasteiger partial charge in [-0.3, -0.25) is 0 Å². The molecule has 2 radical (unpaired) electrons. The average molecular weight is 823 g/mol. The molecular weight excluding hydrogens is 767 g/mol. The minimum atomic E-state index is -0.826. The maximum atomic E-state index is 4.93. The molecule has 2 saturated carbocycles. The van der Waals surface area contributed by atoms with Crippen molar-refractivity contribution in [2.24, 2.45) is 10.8 Å². The van der Waals surface area contributed by atoms with Crippen LogP contribution in [0.2, 0.25) is 13.1 Å². The average Bonchev–Trinajstić information content (AvgIpc) is 3.75. The third kappa shape index (κ3) is 10.5. The van der Waals surface area contributed by atoms with Crippen molar-refractivity contribution < 1.29 is 20.8 Å². The molecule has 0 nitrogen and oxygen atoms in total. The van der Waals surface area contributed by atoms with Crippen LogP contribution < -0.4 is 0 Å². The Morgan fingerprint density at radius 1 is 0.577 bits per heavy atom. The van der Waals surface area contributed by atoms with E-state index < -0.39 is 20.8 Å². The first kappa shape index (κ1) is 41.0. The van der Waals surface area contributed by atoms with Crippen LogP contribution in [0.5, 0.6) is 0 Å². The van der Waals surface area contributed by atoms with Gasteiger partial charge in [0.05, 0.1) is 0 Å². The molecule has 2 aliphatic rings. The minimum absolute atomic E-state index is 0.603. The van der Waals surface area contributed by atoms with E-state index in [9.17, 15) is 0 Å². The molecule has 6 aromatic rings. The zero-order chi connectivity index (χ0) is 36.8. The fourth-order valence-electron chi connectivity index (χ4n) is 8.85. The Balaban J connectivity index is 0.000000175. The summed E-state index contributed by atoms with van der Waals surface area (Å²) in [4.78, 5) is 0. The van der Waals surface area contributed by atoms with Crippen LogP contribution in [-0.2, 0) is 33.7 Å². The number of benzene rings is 4. The fourth-order valence-corrected chi connectivity index (χ4v) is 8.85. The van der Waals surface area contributed by atoms with Crippen molar-refractivity contribution in [1.29, 1.82) is 0 Å². The van der Waals surface area contributed by atoms with Gasteiger partial charge in [-0.15, -0.1) is 69.1 Å². The molecule has 0 spiro atoms. The Labute approximate surface area is 335 Å². The van der Waals surface area contributed by atoms with Crippen molar-refractivity contribution in [1.82, 2.24) is 0 Å². The molecule has 270 valence electrons. The predicted octanol–water partition coefficient (Wildman–Crippen LogP) is 15.6. The molecule has 4 heteroatoms. The van der Waals surface area contributed by atoms with Crippen LogP contribution >= 0.6 is 17.0 Å². The Kier molecular flexibility index (Phi) is 16.1. The van der Waals surface area contributed by atoms with Crippen LogP contribution in [-0.4, -0.2) is 9.52 Å². The summed E-state index contributed by atoms with van der Waals surface area (Å²) in [6, 6.07) is 44.7. The van der Waals surface area contributed by atoms with E-state index in [1.165, 1.54) is 132 Å². The van der Waals surface area contributed by atoms with Crippen LogP contribution in [0.3, 0.4) is 0 Å². The molecule has 0 amide bonds. The molecule has 0 unspecified atom stereocenters. The van der Waals surface area contributed by atoms with Crippen LogP contribution in [0.15, 0.2) is 121 Å². The first-order valence-electron chi connectivity index (χ1n) is 19.4. The number of hydrogen-bond acceptors (Lipinski definition) is 0. The van der Waals surface area contributed by atoms with E-state index in [2.05, 4.69) is 148 Å². The van der Waals surface area contributed by atoms with Crippen molar-refractivity contribution in [3.05, 3.63) is 132 Å². The summed E-state index contributed by atoms with van der Waals surface area (Å²) < 4.78 is 0. The monoisotopic (exact) mass is 820 g/mol. The van der Waals surface area contributed by atoms with Gasteiger partial charge in [0.2, 0.25) is 0 Å². The van der Waals surface area contributed by atoms with Crippen LogP contribution in [0.25, 0.3) is 43.8 Å². The van der Waals surface area contributed by atoms with Crippen molar-refractivity contribution in [2.75, 3.05) is 0 Å². The Morgan fingerprint density at radius 3 is 1.25 bits per heavy atom. The molecule has 8 rings (SSSR count). The number of hydrogen-bond donors (Lipinski definition) is 0. The van der Waals surface area contributed by atoms with Gasteiger partial charge in [-0.05, 0) is 73.3 Å². The third-order valence-corrected chi connectivity index (χ3v) is 11.3. The Bertz CT molecular complexity index is 1770. The zero-order valence-electron chi connectivity index (χ0n) is 31.8. The SMILES string of the molecule is CCCC1(Cc2cc3c(-c4ccccc4)cccc3[cH-]2)CCC1.CCCC1(Cc2cc3c(-c4ccccc4)cccc3[cH-]2)CCC1.C[Si]C.[Cl][Zr+2][Cl]. The van der Waals surface area contributed by atoms with Gasteiger partial charge in [0.1, 0.15) is 0 Å². The van der Waals surface area contributed by atoms with Crippen molar-refractivity contribution in [3.8, 4) is 22.3 Å². The molecular formula is C48H56Cl2SiZr. The Morgan fingerprint density at radius 2 is 0.942 bits per heavy atom. The summed E-state index contributed by atoms with van der Waals surface area (Å²) in [5.74, 6) is 0. The second-order valence-electron chi connectivity index (χ2n) is 15.2. The molecule has 0 N–H and O–H groups in total. The number of fused-ring (bicyclic) bond motifs is 2. The van der Waals surface area contributed by atoms with Gasteiger partial charge in [-0.25, -0.2) is 0 Å². The van der Waals surface area contributed by atoms with Crippen LogP contribution in [0.1, 0.15) is 89.2 Å². The van der Waals surface area contributed by atoms with Gasteiger partial charge in [0, 0.05) is 9.52 Å². The summed E-state index contributed by atoms with van der Waals surface area (Å²) in [6.07, 6.45) is 16.5. The van der Waals surface area contributed by atoms with Crippen molar-refractivity contribution in [3.63, 3.8) is 0 Å². The van der Waals surface area contributed by atoms with Gasteiger partial charge in [-0.1, -0.05) is 137 Å². The molecule has 6 aromatic carbocycles. The predicted molar refractivity (Wildman–Crippen MR) is 229 cm³/mol. The molecule has 0 bridgehead atoms. The van der Waals surface area contributed by atoms with Gasteiger partial charge in [-0.2, -0.15) is 12.1 Å². The van der Waals surface area contributed by atoms with E-state index >= 15 is 0 Å². The zero-order valence-corrected chi connectivity index (χ0v) is 36.8. The molecule has 0 atom stereocenters. The first-order chi connectivity index (χ1) is 25.4. The van der Waals surface area contributed by atoms with E-state index in [4.69, 9.17) is 17.0 Å². The van der Waals surface area contributed by atoms with E-state index in [1.807, 2.05) is 0 Å². The molecule has 2 fully saturated rings.